The summed E-state index contributed by atoms with van der Waals surface area (Å²) in [6.45, 7) is 10.1. The first kappa shape index (κ1) is 19.3. The molecule has 1 atom stereocenters. The topological polar surface area (TPSA) is 66.9 Å². The molecule has 0 bridgehead atoms. The van der Waals surface area contributed by atoms with Crippen LogP contribution < -0.4 is 0 Å². The number of ether oxygens (including phenoxy) is 1. The largest absolute Gasteiger partial charge is 0.378 e. The van der Waals surface area contributed by atoms with Crippen LogP contribution in [0.1, 0.15) is 35.1 Å². The van der Waals surface area contributed by atoms with Crippen LogP contribution in [-0.4, -0.2) is 62.4 Å². The third-order valence-corrected chi connectivity index (χ3v) is 7.86. The van der Waals surface area contributed by atoms with Crippen molar-refractivity contribution in [1.29, 1.82) is 0 Å². The number of nitrogens with zero attached hydrogens (tertiary/aromatic N) is 2. The summed E-state index contributed by atoms with van der Waals surface area (Å²) in [6.07, 6.45) is 1.29. The van der Waals surface area contributed by atoms with Crippen LogP contribution in [0.4, 0.5) is 0 Å². The maximum atomic E-state index is 13.5. The van der Waals surface area contributed by atoms with Crippen molar-refractivity contribution in [2.45, 2.75) is 51.5 Å². The van der Waals surface area contributed by atoms with Crippen molar-refractivity contribution in [3.8, 4) is 0 Å². The van der Waals surface area contributed by atoms with Gasteiger partial charge in [0.1, 0.15) is 6.04 Å². The predicted molar refractivity (Wildman–Crippen MR) is 99.7 cm³/mol. The Morgan fingerprint density at radius 3 is 2.19 bits per heavy atom. The Balaban J connectivity index is 1.98. The molecule has 1 aromatic carbocycles. The second kappa shape index (κ2) is 7.29. The van der Waals surface area contributed by atoms with Gasteiger partial charge in [-0.25, -0.2) is 8.42 Å². The molecule has 6 nitrogen and oxygen atoms in total. The predicted octanol–water partition coefficient (Wildman–Crippen LogP) is 1.93. The maximum Gasteiger partial charge on any atom is 0.244 e. The molecule has 0 radical (unpaired) electrons. The zero-order chi connectivity index (χ0) is 19.1. The number of amides is 1. The lowest BCUT2D eigenvalue weighted by Crippen LogP contribution is -2.51. The van der Waals surface area contributed by atoms with E-state index in [9.17, 15) is 13.2 Å². The van der Waals surface area contributed by atoms with Crippen LogP contribution in [0, 0.1) is 27.7 Å². The molecule has 0 aliphatic carbocycles. The summed E-state index contributed by atoms with van der Waals surface area (Å²) in [4.78, 5) is 15.1. The molecule has 2 saturated heterocycles. The van der Waals surface area contributed by atoms with Gasteiger partial charge in [-0.2, -0.15) is 4.31 Å². The van der Waals surface area contributed by atoms with Crippen LogP contribution in [0.5, 0.6) is 0 Å². The fourth-order valence-corrected chi connectivity index (χ4v) is 6.18. The molecule has 0 saturated carbocycles. The SMILES string of the molecule is Cc1cc(C)c(C)c(S(=O)(=O)N2CCCC2C(=O)N2CCOCC2)c1C. The molecule has 2 aliphatic heterocycles. The lowest BCUT2D eigenvalue weighted by molar-refractivity contribution is -0.138. The lowest BCUT2D eigenvalue weighted by Gasteiger charge is -2.32. The third-order valence-electron chi connectivity index (χ3n) is 5.68. The highest BCUT2D eigenvalue weighted by atomic mass is 32.2. The Kier molecular flexibility index (Phi) is 5.42. The van der Waals surface area contributed by atoms with Crippen molar-refractivity contribution in [2.75, 3.05) is 32.8 Å². The van der Waals surface area contributed by atoms with Crippen molar-refractivity contribution in [3.05, 3.63) is 28.3 Å². The van der Waals surface area contributed by atoms with E-state index in [0.29, 0.717) is 50.6 Å². The molecule has 1 amide bonds. The first-order valence-corrected chi connectivity index (χ1v) is 10.6. The normalized spacial score (nSPS) is 22.0. The van der Waals surface area contributed by atoms with Crippen LogP contribution in [-0.2, 0) is 19.6 Å². The van der Waals surface area contributed by atoms with Gasteiger partial charge in [-0.3, -0.25) is 4.79 Å². The molecule has 2 heterocycles. The second-order valence-electron chi connectivity index (χ2n) is 7.30. The van der Waals surface area contributed by atoms with Crippen molar-refractivity contribution < 1.29 is 17.9 Å². The van der Waals surface area contributed by atoms with E-state index < -0.39 is 16.1 Å². The lowest BCUT2D eigenvalue weighted by atomic mass is 10.0. The first-order valence-electron chi connectivity index (χ1n) is 9.21. The van der Waals surface area contributed by atoms with E-state index in [2.05, 4.69) is 0 Å². The van der Waals surface area contributed by atoms with Crippen molar-refractivity contribution in [3.63, 3.8) is 0 Å². The number of sulfonamides is 1. The summed E-state index contributed by atoms with van der Waals surface area (Å²) in [5, 5.41) is 0. The number of hydrogen-bond donors (Lipinski definition) is 0. The summed E-state index contributed by atoms with van der Waals surface area (Å²) in [5.74, 6) is -0.0888. The van der Waals surface area contributed by atoms with Gasteiger partial charge in [-0.15, -0.1) is 0 Å². The Hall–Kier alpha value is -1.44. The van der Waals surface area contributed by atoms with Crippen LogP contribution in [0.15, 0.2) is 11.0 Å². The third kappa shape index (κ3) is 3.28. The minimum absolute atomic E-state index is 0.0888. The van der Waals surface area contributed by atoms with Crippen molar-refractivity contribution in [1.82, 2.24) is 9.21 Å². The molecular formula is C19H28N2O4S. The standard InChI is InChI=1S/C19H28N2O4S/c1-13-12-14(2)16(4)18(15(13)3)26(23,24)21-7-5-6-17(21)19(22)20-8-10-25-11-9-20/h12,17H,5-11H2,1-4H3. The molecule has 0 aromatic heterocycles. The van der Waals surface area contributed by atoms with E-state index in [1.165, 1.54) is 4.31 Å². The Bertz CT molecular complexity index is 787. The summed E-state index contributed by atoms with van der Waals surface area (Å²) >= 11 is 0. The molecule has 26 heavy (non-hydrogen) atoms. The second-order valence-corrected chi connectivity index (χ2v) is 9.13. The average molecular weight is 381 g/mol. The Morgan fingerprint density at radius 2 is 1.62 bits per heavy atom. The highest BCUT2D eigenvalue weighted by Crippen LogP contribution is 2.33. The van der Waals surface area contributed by atoms with Gasteiger partial charge in [0.15, 0.2) is 0 Å². The molecule has 2 aliphatic rings. The molecule has 7 heteroatoms. The summed E-state index contributed by atoms with van der Waals surface area (Å²) in [7, 11) is -3.72. The van der Waals surface area contributed by atoms with E-state index >= 15 is 0 Å². The van der Waals surface area contributed by atoms with Gasteiger partial charge >= 0.3 is 0 Å². The smallest absolute Gasteiger partial charge is 0.244 e. The van der Waals surface area contributed by atoms with E-state index in [-0.39, 0.29) is 5.91 Å². The zero-order valence-corrected chi connectivity index (χ0v) is 16.9. The molecule has 3 rings (SSSR count). The van der Waals surface area contributed by atoms with E-state index in [4.69, 9.17) is 4.74 Å². The maximum absolute atomic E-state index is 13.5. The molecular weight excluding hydrogens is 352 g/mol. The highest BCUT2D eigenvalue weighted by molar-refractivity contribution is 7.89. The fourth-order valence-electron chi connectivity index (χ4n) is 3.95. The van der Waals surface area contributed by atoms with Gasteiger partial charge in [0, 0.05) is 19.6 Å². The van der Waals surface area contributed by atoms with Gasteiger partial charge in [0.2, 0.25) is 15.9 Å². The van der Waals surface area contributed by atoms with Gasteiger partial charge in [0.25, 0.3) is 0 Å². The average Bonchev–Trinajstić information content (AvgIpc) is 3.11. The van der Waals surface area contributed by atoms with Gasteiger partial charge in [-0.05, 0) is 62.8 Å². The number of morpholine rings is 1. The number of benzene rings is 1. The summed E-state index contributed by atoms with van der Waals surface area (Å²) in [6, 6.07) is 1.42. The van der Waals surface area contributed by atoms with Crippen LogP contribution in [0.25, 0.3) is 0 Å². The fraction of sp³-hybridized carbons (Fsp3) is 0.632. The number of carbonyl (C=O) groups excluding carboxylic acids is 1. The summed E-state index contributed by atoms with van der Waals surface area (Å²) < 4.78 is 33.8. The monoisotopic (exact) mass is 380 g/mol. The molecule has 0 N–H and O–H groups in total. The first-order chi connectivity index (χ1) is 12.2. The van der Waals surface area contributed by atoms with E-state index in [1.54, 1.807) is 4.90 Å². The van der Waals surface area contributed by atoms with Gasteiger partial charge in [-0.1, -0.05) is 6.07 Å². The molecule has 1 unspecified atom stereocenters. The zero-order valence-electron chi connectivity index (χ0n) is 16.0. The van der Waals surface area contributed by atoms with Crippen LogP contribution in [0.2, 0.25) is 0 Å². The highest BCUT2D eigenvalue weighted by Gasteiger charge is 2.42. The van der Waals surface area contributed by atoms with E-state index in [0.717, 1.165) is 22.3 Å². The number of carbonyl (C=O) groups is 1. The summed E-state index contributed by atoms with van der Waals surface area (Å²) in [5.41, 5.74) is 3.47. The number of hydrogen-bond acceptors (Lipinski definition) is 4. The van der Waals surface area contributed by atoms with Crippen molar-refractivity contribution in [2.24, 2.45) is 0 Å². The van der Waals surface area contributed by atoms with Crippen molar-refractivity contribution >= 4 is 15.9 Å². The van der Waals surface area contributed by atoms with Crippen LogP contribution in [0.3, 0.4) is 0 Å². The minimum Gasteiger partial charge on any atom is -0.378 e. The van der Waals surface area contributed by atoms with Crippen LogP contribution >= 0.6 is 0 Å². The molecule has 0 spiro atoms. The quantitative estimate of drug-likeness (QED) is 0.804. The van der Waals surface area contributed by atoms with Gasteiger partial charge in [0.05, 0.1) is 18.1 Å². The number of aryl methyl sites for hydroxylation is 2. The number of rotatable bonds is 3. The molecule has 2 fully saturated rings. The Labute approximate surface area is 156 Å². The van der Waals surface area contributed by atoms with E-state index in [1.807, 2.05) is 33.8 Å². The Morgan fingerprint density at radius 1 is 1.04 bits per heavy atom. The van der Waals surface area contributed by atoms with Gasteiger partial charge < -0.3 is 9.64 Å². The molecule has 1 aromatic rings. The minimum atomic E-state index is -3.72. The molecule has 144 valence electrons.